The van der Waals surface area contributed by atoms with E-state index in [1.807, 2.05) is 27.7 Å². The number of aromatic amines is 1. The molecule has 0 aliphatic carbocycles. The fourth-order valence-corrected chi connectivity index (χ4v) is 3.22. The number of hydrazone groups is 1. The first-order chi connectivity index (χ1) is 10.4. The average molecular weight is 322 g/mol. The summed E-state index contributed by atoms with van der Waals surface area (Å²) in [5.74, 6) is 0.358. The molecule has 7 heteroatoms. The molecule has 1 aromatic heterocycles. The number of rotatable bonds is 4. The molecule has 1 aliphatic rings. The third-order valence-corrected chi connectivity index (χ3v) is 4.04. The number of carbonyl (C=O) groups is 1. The SMILES string of the molecule is CCOC(=O)c1c(C)[nH]c(C)c1C1=NNC(=NC(C)C)SC1. The lowest BCUT2D eigenvalue weighted by Crippen LogP contribution is -2.27. The van der Waals surface area contributed by atoms with E-state index in [1.54, 1.807) is 18.7 Å². The van der Waals surface area contributed by atoms with Gasteiger partial charge in [-0.2, -0.15) is 5.10 Å². The number of esters is 1. The Morgan fingerprint density at radius 1 is 1.41 bits per heavy atom. The van der Waals surface area contributed by atoms with Crippen LogP contribution in [0.2, 0.25) is 0 Å². The quantitative estimate of drug-likeness (QED) is 0.835. The van der Waals surface area contributed by atoms with Crippen molar-refractivity contribution in [2.75, 3.05) is 12.4 Å². The molecule has 0 spiro atoms. The van der Waals surface area contributed by atoms with Crippen LogP contribution < -0.4 is 5.43 Å². The number of thioether (sulfide) groups is 1. The molecule has 2 rings (SSSR count). The van der Waals surface area contributed by atoms with Crippen LogP contribution in [0.3, 0.4) is 0 Å². The topological polar surface area (TPSA) is 78.8 Å². The summed E-state index contributed by atoms with van der Waals surface area (Å²) in [5.41, 5.74) is 6.93. The van der Waals surface area contributed by atoms with E-state index in [9.17, 15) is 4.79 Å². The molecule has 120 valence electrons. The Balaban J connectivity index is 2.34. The van der Waals surface area contributed by atoms with E-state index in [2.05, 4.69) is 20.5 Å². The van der Waals surface area contributed by atoms with E-state index in [1.165, 1.54) is 0 Å². The summed E-state index contributed by atoms with van der Waals surface area (Å²) in [7, 11) is 0. The summed E-state index contributed by atoms with van der Waals surface area (Å²) in [6.07, 6.45) is 0. The monoisotopic (exact) mass is 322 g/mol. The number of carbonyl (C=O) groups excluding carboxylic acids is 1. The molecule has 6 nitrogen and oxygen atoms in total. The van der Waals surface area contributed by atoms with Crippen molar-refractivity contribution in [2.45, 2.75) is 40.7 Å². The maximum absolute atomic E-state index is 12.2. The van der Waals surface area contributed by atoms with Gasteiger partial charge in [0.15, 0.2) is 5.17 Å². The third kappa shape index (κ3) is 3.52. The first-order valence-electron chi connectivity index (χ1n) is 7.33. The molecule has 2 heterocycles. The van der Waals surface area contributed by atoms with Crippen molar-refractivity contribution in [3.63, 3.8) is 0 Å². The van der Waals surface area contributed by atoms with Crippen LogP contribution in [0.15, 0.2) is 10.1 Å². The lowest BCUT2D eigenvalue weighted by molar-refractivity contribution is 0.0525. The van der Waals surface area contributed by atoms with Gasteiger partial charge < -0.3 is 9.72 Å². The van der Waals surface area contributed by atoms with Crippen LogP contribution >= 0.6 is 11.8 Å². The van der Waals surface area contributed by atoms with Gasteiger partial charge in [0.1, 0.15) is 0 Å². The number of ether oxygens (including phenoxy) is 1. The number of hydrogen-bond donors (Lipinski definition) is 2. The van der Waals surface area contributed by atoms with Crippen molar-refractivity contribution < 1.29 is 9.53 Å². The normalized spacial score (nSPS) is 16.6. The van der Waals surface area contributed by atoms with Crippen molar-refractivity contribution in [3.05, 3.63) is 22.5 Å². The molecule has 0 radical (unpaired) electrons. The Labute approximate surface area is 134 Å². The molecule has 0 fully saturated rings. The molecule has 1 aromatic rings. The van der Waals surface area contributed by atoms with Gasteiger partial charge in [0.25, 0.3) is 0 Å². The van der Waals surface area contributed by atoms with Gasteiger partial charge in [-0.05, 0) is 34.6 Å². The van der Waals surface area contributed by atoms with Crippen molar-refractivity contribution in [1.82, 2.24) is 10.4 Å². The predicted molar refractivity (Wildman–Crippen MR) is 90.9 cm³/mol. The third-order valence-electron chi connectivity index (χ3n) is 3.15. The highest BCUT2D eigenvalue weighted by Gasteiger charge is 2.26. The van der Waals surface area contributed by atoms with Crippen molar-refractivity contribution >= 4 is 28.6 Å². The first-order valence-corrected chi connectivity index (χ1v) is 8.32. The largest absolute Gasteiger partial charge is 0.462 e. The molecular weight excluding hydrogens is 300 g/mol. The molecule has 0 saturated heterocycles. The molecule has 1 aliphatic heterocycles. The number of nitrogens with one attached hydrogen (secondary N) is 2. The minimum atomic E-state index is -0.311. The minimum Gasteiger partial charge on any atom is -0.462 e. The number of aliphatic imine (C=N–C) groups is 1. The summed E-state index contributed by atoms with van der Waals surface area (Å²) >= 11 is 1.59. The van der Waals surface area contributed by atoms with Crippen LogP contribution in [-0.4, -0.2) is 40.2 Å². The standard InChI is InChI=1S/C15H22N4O2S/c1-6-21-14(20)13-10(5)17-9(4)12(13)11-7-22-15(19-18-11)16-8(2)3/h8,17H,6-7H2,1-5H3,(H,16,19). The van der Waals surface area contributed by atoms with E-state index in [-0.39, 0.29) is 12.0 Å². The molecule has 0 atom stereocenters. The number of amidine groups is 1. The Kier molecular flexibility index (Phi) is 5.28. The van der Waals surface area contributed by atoms with Crippen LogP contribution in [0.1, 0.15) is 48.1 Å². The van der Waals surface area contributed by atoms with Gasteiger partial charge in [0, 0.05) is 28.7 Å². The maximum Gasteiger partial charge on any atom is 0.340 e. The molecule has 2 N–H and O–H groups in total. The number of nitrogens with zero attached hydrogens (tertiary/aromatic N) is 2. The number of hydrogen-bond acceptors (Lipinski definition) is 5. The molecule has 0 bridgehead atoms. The summed E-state index contributed by atoms with van der Waals surface area (Å²) in [6.45, 7) is 10.0. The minimum absolute atomic E-state index is 0.220. The predicted octanol–water partition coefficient (Wildman–Crippen LogP) is 2.61. The van der Waals surface area contributed by atoms with E-state index in [4.69, 9.17) is 4.74 Å². The van der Waals surface area contributed by atoms with Gasteiger partial charge >= 0.3 is 5.97 Å². The second-order valence-electron chi connectivity index (χ2n) is 5.33. The zero-order valence-electron chi connectivity index (χ0n) is 13.6. The van der Waals surface area contributed by atoms with E-state index in [0.717, 1.165) is 27.8 Å². The molecule has 0 saturated carbocycles. The smallest absolute Gasteiger partial charge is 0.340 e. The van der Waals surface area contributed by atoms with E-state index in [0.29, 0.717) is 17.9 Å². The van der Waals surface area contributed by atoms with Gasteiger partial charge in [-0.3, -0.25) is 10.4 Å². The Morgan fingerprint density at radius 3 is 2.68 bits per heavy atom. The lowest BCUT2D eigenvalue weighted by Gasteiger charge is -2.16. The zero-order valence-corrected chi connectivity index (χ0v) is 14.4. The Bertz CT molecular complexity index is 632. The zero-order chi connectivity index (χ0) is 16.3. The highest BCUT2D eigenvalue weighted by Crippen LogP contribution is 2.24. The summed E-state index contributed by atoms with van der Waals surface area (Å²) < 4.78 is 5.16. The van der Waals surface area contributed by atoms with Crippen molar-refractivity contribution in [2.24, 2.45) is 10.1 Å². The van der Waals surface area contributed by atoms with E-state index >= 15 is 0 Å². The second-order valence-corrected chi connectivity index (χ2v) is 6.30. The fourth-order valence-electron chi connectivity index (χ4n) is 2.35. The highest BCUT2D eigenvalue weighted by atomic mass is 32.2. The summed E-state index contributed by atoms with van der Waals surface area (Å²) in [4.78, 5) is 19.9. The molecule has 0 aromatic carbocycles. The van der Waals surface area contributed by atoms with Crippen LogP contribution in [0.25, 0.3) is 0 Å². The van der Waals surface area contributed by atoms with Gasteiger partial charge in [-0.25, -0.2) is 4.79 Å². The first kappa shape index (κ1) is 16.6. The van der Waals surface area contributed by atoms with Crippen LogP contribution in [0.5, 0.6) is 0 Å². The Morgan fingerprint density at radius 2 is 2.14 bits per heavy atom. The van der Waals surface area contributed by atoms with Crippen molar-refractivity contribution in [1.29, 1.82) is 0 Å². The number of aromatic nitrogens is 1. The number of aryl methyl sites for hydroxylation is 2. The highest BCUT2D eigenvalue weighted by molar-refractivity contribution is 8.14. The average Bonchev–Trinajstić information content (AvgIpc) is 2.74. The van der Waals surface area contributed by atoms with E-state index < -0.39 is 0 Å². The molecule has 22 heavy (non-hydrogen) atoms. The van der Waals surface area contributed by atoms with Crippen LogP contribution in [0, 0.1) is 13.8 Å². The molecular formula is C15H22N4O2S. The Hall–Kier alpha value is -1.76. The van der Waals surface area contributed by atoms with Gasteiger partial charge in [0.05, 0.1) is 17.9 Å². The number of H-pyrrole nitrogens is 1. The van der Waals surface area contributed by atoms with Gasteiger partial charge in [-0.15, -0.1) is 0 Å². The van der Waals surface area contributed by atoms with Crippen molar-refractivity contribution in [3.8, 4) is 0 Å². The molecule has 0 amide bonds. The van der Waals surface area contributed by atoms with Gasteiger partial charge in [0.2, 0.25) is 0 Å². The summed E-state index contributed by atoms with van der Waals surface area (Å²) in [6, 6.07) is 0.220. The fraction of sp³-hybridized carbons (Fsp3) is 0.533. The summed E-state index contributed by atoms with van der Waals surface area (Å²) in [5, 5.41) is 5.21. The van der Waals surface area contributed by atoms with Gasteiger partial charge in [-0.1, -0.05) is 11.8 Å². The van der Waals surface area contributed by atoms with Crippen LogP contribution in [0.4, 0.5) is 0 Å². The van der Waals surface area contributed by atoms with Crippen LogP contribution in [-0.2, 0) is 4.74 Å². The second kappa shape index (κ2) is 7.00. The maximum atomic E-state index is 12.2. The lowest BCUT2D eigenvalue weighted by atomic mass is 10.1. The molecule has 0 unspecified atom stereocenters.